The highest BCUT2D eigenvalue weighted by Gasteiger charge is 2.26. The Hall–Kier alpha value is -2.55. The third-order valence-electron chi connectivity index (χ3n) is 4.33. The Bertz CT molecular complexity index is 1160. The normalized spacial score (nSPS) is 14.1. The predicted molar refractivity (Wildman–Crippen MR) is 114 cm³/mol. The molecule has 0 saturated carbocycles. The van der Waals surface area contributed by atoms with Crippen LogP contribution >= 0.6 is 0 Å². The largest absolute Gasteiger partial charge is 0.386 e. The first-order chi connectivity index (χ1) is 15.3. The summed E-state index contributed by atoms with van der Waals surface area (Å²) in [5, 5.41) is 10.9. The van der Waals surface area contributed by atoms with Crippen LogP contribution in [0.4, 0.5) is 13.2 Å². The van der Waals surface area contributed by atoms with Crippen molar-refractivity contribution in [3.05, 3.63) is 53.9 Å². The zero-order valence-corrected chi connectivity index (χ0v) is 18.9. The number of aliphatic hydroxyl groups excluding tert-OH is 1. The van der Waals surface area contributed by atoms with Crippen LogP contribution in [-0.2, 0) is 31.2 Å². The molecule has 14 heteroatoms. The van der Waals surface area contributed by atoms with Crippen LogP contribution in [0.3, 0.4) is 0 Å². The third kappa shape index (κ3) is 8.38. The fraction of sp³-hybridized carbons (Fsp3) is 0.368. The van der Waals surface area contributed by atoms with E-state index in [0.717, 1.165) is 6.26 Å². The Kier molecular flexibility index (Phi) is 8.94. The molecule has 1 amide bonds. The molecule has 0 unspecified atom stereocenters. The molecule has 0 bridgehead atoms. The summed E-state index contributed by atoms with van der Waals surface area (Å²) >= 11 is 0. The highest BCUT2D eigenvalue weighted by molar-refractivity contribution is 8.06. The zero-order valence-electron chi connectivity index (χ0n) is 17.3. The van der Waals surface area contributed by atoms with Gasteiger partial charge in [0, 0.05) is 18.0 Å². The molecule has 0 aliphatic heterocycles. The first-order valence-electron chi connectivity index (χ1n) is 9.34. The molecule has 0 aliphatic rings. The Balaban J connectivity index is 2.05. The topological polar surface area (TPSA) is 143 Å². The monoisotopic (exact) mass is 509 g/mol. The number of hydrogen-bond acceptors (Lipinski definition) is 7. The number of alkyl halides is 3. The molecule has 1 aromatic carbocycles. The van der Waals surface area contributed by atoms with Gasteiger partial charge < -0.3 is 10.4 Å². The number of aliphatic hydroxyl groups is 1. The van der Waals surface area contributed by atoms with Gasteiger partial charge in [-0.05, 0) is 17.2 Å². The Morgan fingerprint density at radius 3 is 2.15 bits per heavy atom. The van der Waals surface area contributed by atoms with Gasteiger partial charge in [0.15, 0.2) is 14.9 Å². The number of aromatic nitrogens is 1. The van der Waals surface area contributed by atoms with E-state index in [9.17, 15) is 39.9 Å². The molecule has 2 rings (SSSR count). The number of amides is 1. The van der Waals surface area contributed by atoms with E-state index < -0.39 is 56.1 Å². The SMILES string of the molecule is CS(=O)(=O)CS(=O)(=O)NCc1ccc(-c2ccc([C@H](O)[C@@H](CF)NC(=O)C(F)F)cc2)cn1. The number of hydrogen-bond donors (Lipinski definition) is 3. The predicted octanol–water partition coefficient (Wildman–Crippen LogP) is 0.923. The maximum Gasteiger partial charge on any atom is 0.315 e. The smallest absolute Gasteiger partial charge is 0.315 e. The standard InChI is InChI=1S/C19H22F3N3O6S2/c1-32(28,29)11-33(30,31)24-10-15-7-6-14(9-23-15)12-2-4-13(5-3-12)17(26)16(8-20)25-19(27)18(21)22/h2-7,9,16-18,24,26H,8,10-11H2,1H3,(H,25,27)/t16-,17+/m1/s1. The number of pyridine rings is 1. The number of halogens is 3. The zero-order chi connectivity index (χ0) is 24.8. The molecule has 0 radical (unpaired) electrons. The number of sulfonamides is 1. The summed E-state index contributed by atoms with van der Waals surface area (Å²) < 4.78 is 85.7. The minimum atomic E-state index is -4.03. The molecule has 33 heavy (non-hydrogen) atoms. The van der Waals surface area contributed by atoms with E-state index in [2.05, 4.69) is 9.71 Å². The van der Waals surface area contributed by atoms with Gasteiger partial charge in [-0.15, -0.1) is 0 Å². The summed E-state index contributed by atoms with van der Waals surface area (Å²) in [6.45, 7) is -1.46. The van der Waals surface area contributed by atoms with Crippen LogP contribution in [0.25, 0.3) is 11.1 Å². The van der Waals surface area contributed by atoms with E-state index in [0.29, 0.717) is 16.8 Å². The van der Waals surface area contributed by atoms with Crippen molar-refractivity contribution in [2.75, 3.05) is 18.0 Å². The van der Waals surface area contributed by atoms with Crippen molar-refractivity contribution in [2.24, 2.45) is 0 Å². The first-order valence-corrected chi connectivity index (χ1v) is 13.1. The van der Waals surface area contributed by atoms with E-state index in [1.807, 2.05) is 0 Å². The molecule has 0 aliphatic carbocycles. The van der Waals surface area contributed by atoms with Gasteiger partial charge in [-0.2, -0.15) is 8.78 Å². The summed E-state index contributed by atoms with van der Waals surface area (Å²) in [6, 6.07) is 7.62. The summed E-state index contributed by atoms with van der Waals surface area (Å²) in [4.78, 5) is 15.2. The number of carbonyl (C=O) groups excluding carboxylic acids is 1. The van der Waals surface area contributed by atoms with Crippen LogP contribution in [0.1, 0.15) is 17.4 Å². The van der Waals surface area contributed by atoms with Crippen molar-refractivity contribution in [3.8, 4) is 11.1 Å². The maximum absolute atomic E-state index is 13.1. The fourth-order valence-corrected chi connectivity index (χ4v) is 5.72. The molecule has 182 valence electrons. The van der Waals surface area contributed by atoms with Crippen molar-refractivity contribution in [2.45, 2.75) is 25.1 Å². The van der Waals surface area contributed by atoms with E-state index >= 15 is 0 Å². The molecule has 1 heterocycles. The van der Waals surface area contributed by atoms with Crippen molar-refractivity contribution in [3.63, 3.8) is 0 Å². The second-order valence-electron chi connectivity index (χ2n) is 7.15. The molecular weight excluding hydrogens is 487 g/mol. The van der Waals surface area contributed by atoms with Gasteiger partial charge in [-0.25, -0.2) is 25.9 Å². The fourth-order valence-electron chi connectivity index (χ4n) is 2.76. The second kappa shape index (κ2) is 11.0. The van der Waals surface area contributed by atoms with Crippen LogP contribution in [0, 0.1) is 0 Å². The number of sulfone groups is 1. The molecule has 1 aromatic heterocycles. The van der Waals surface area contributed by atoms with E-state index in [4.69, 9.17) is 0 Å². The first kappa shape index (κ1) is 26.7. The lowest BCUT2D eigenvalue weighted by atomic mass is 9.99. The molecule has 0 spiro atoms. The second-order valence-corrected chi connectivity index (χ2v) is 11.5. The van der Waals surface area contributed by atoms with Gasteiger partial charge in [0.1, 0.15) is 12.8 Å². The average molecular weight is 510 g/mol. The number of carbonyl (C=O) groups is 1. The van der Waals surface area contributed by atoms with Gasteiger partial charge in [-0.1, -0.05) is 30.3 Å². The van der Waals surface area contributed by atoms with Gasteiger partial charge in [0.25, 0.3) is 5.91 Å². The summed E-state index contributed by atoms with van der Waals surface area (Å²) in [6.07, 6.45) is -2.63. The molecule has 2 atom stereocenters. The van der Waals surface area contributed by atoms with Crippen LogP contribution in [0.15, 0.2) is 42.6 Å². The highest BCUT2D eigenvalue weighted by Crippen LogP contribution is 2.23. The Morgan fingerprint density at radius 2 is 1.67 bits per heavy atom. The number of nitrogens with one attached hydrogen (secondary N) is 2. The molecule has 0 saturated heterocycles. The summed E-state index contributed by atoms with van der Waals surface area (Å²) in [5.41, 5.74) is 1.78. The average Bonchev–Trinajstić information content (AvgIpc) is 2.74. The van der Waals surface area contributed by atoms with Crippen LogP contribution in [-0.4, -0.2) is 63.3 Å². The quantitative estimate of drug-likeness (QED) is 0.409. The molecule has 0 fully saturated rings. The summed E-state index contributed by atoms with van der Waals surface area (Å²) in [7, 11) is -7.75. The maximum atomic E-state index is 13.1. The summed E-state index contributed by atoms with van der Waals surface area (Å²) in [5.74, 6) is -1.68. The van der Waals surface area contributed by atoms with Crippen LogP contribution in [0.5, 0.6) is 0 Å². The molecule has 9 nitrogen and oxygen atoms in total. The van der Waals surface area contributed by atoms with Crippen LogP contribution < -0.4 is 10.0 Å². The molecule has 3 N–H and O–H groups in total. The van der Waals surface area contributed by atoms with E-state index in [1.54, 1.807) is 23.5 Å². The van der Waals surface area contributed by atoms with Crippen molar-refractivity contribution in [1.29, 1.82) is 0 Å². The van der Waals surface area contributed by atoms with Gasteiger partial charge in [0.05, 0.1) is 18.3 Å². The lowest BCUT2D eigenvalue weighted by molar-refractivity contribution is -0.133. The van der Waals surface area contributed by atoms with Crippen molar-refractivity contribution >= 4 is 25.8 Å². The Morgan fingerprint density at radius 1 is 1.06 bits per heavy atom. The molecular formula is C19H22F3N3O6S2. The Labute approximate surface area is 189 Å². The highest BCUT2D eigenvalue weighted by atomic mass is 32.3. The lowest BCUT2D eigenvalue weighted by Gasteiger charge is -2.22. The number of nitrogens with zero attached hydrogens (tertiary/aromatic N) is 1. The lowest BCUT2D eigenvalue weighted by Crippen LogP contribution is -2.43. The van der Waals surface area contributed by atoms with Crippen molar-refractivity contribution < 1.29 is 39.9 Å². The third-order valence-corrected chi connectivity index (χ3v) is 7.86. The van der Waals surface area contributed by atoms with Gasteiger partial charge in [0.2, 0.25) is 10.0 Å². The number of rotatable bonds is 11. The van der Waals surface area contributed by atoms with Crippen LogP contribution in [0.2, 0.25) is 0 Å². The van der Waals surface area contributed by atoms with E-state index in [-0.39, 0.29) is 12.1 Å². The van der Waals surface area contributed by atoms with Gasteiger partial charge >= 0.3 is 6.43 Å². The van der Waals surface area contributed by atoms with E-state index in [1.165, 1.54) is 24.4 Å². The minimum absolute atomic E-state index is 0.195. The minimum Gasteiger partial charge on any atom is -0.386 e. The van der Waals surface area contributed by atoms with Crippen molar-refractivity contribution in [1.82, 2.24) is 15.0 Å². The number of benzene rings is 1. The van der Waals surface area contributed by atoms with Gasteiger partial charge in [-0.3, -0.25) is 9.78 Å². The molecule has 2 aromatic rings.